The van der Waals surface area contributed by atoms with Crippen LogP contribution in [0.15, 0.2) is 12.2 Å². The normalized spacial score (nSPS) is 11.2. The van der Waals surface area contributed by atoms with Crippen molar-refractivity contribution in [1.29, 1.82) is 0 Å². The molecule has 0 fully saturated rings. The molecular formula is C14H29NO3. The molecule has 0 bridgehead atoms. The number of unbranched alkanes of at least 4 members (excludes halogenated alkanes) is 3. The van der Waals surface area contributed by atoms with E-state index in [2.05, 4.69) is 28.1 Å². The van der Waals surface area contributed by atoms with Gasteiger partial charge in [0.2, 0.25) is 0 Å². The maximum atomic E-state index is 9.93. The first-order valence-electron chi connectivity index (χ1n) is 6.59. The molecule has 0 rings (SSSR count). The van der Waals surface area contributed by atoms with Gasteiger partial charge in [-0.1, -0.05) is 31.9 Å². The van der Waals surface area contributed by atoms with Crippen LogP contribution in [0.3, 0.4) is 0 Å². The van der Waals surface area contributed by atoms with E-state index in [-0.39, 0.29) is 13.0 Å². The molecule has 108 valence electrons. The zero-order valence-electron chi connectivity index (χ0n) is 12.3. The summed E-state index contributed by atoms with van der Waals surface area (Å²) in [6.45, 7) is 3.26. The monoisotopic (exact) mass is 259 g/mol. The summed E-state index contributed by atoms with van der Waals surface area (Å²) in [6, 6.07) is 0. The number of nitrogens with zero attached hydrogens (tertiary/aromatic N) is 1. The molecule has 0 saturated heterocycles. The minimum absolute atomic E-state index is 0.0477. The number of allylic oxidation sites excluding steroid dienone is 1. The van der Waals surface area contributed by atoms with E-state index in [4.69, 9.17) is 5.11 Å². The number of carbonyl (C=O) groups is 1. The molecule has 4 nitrogen and oxygen atoms in total. The lowest BCUT2D eigenvalue weighted by atomic mass is 10.2. The van der Waals surface area contributed by atoms with Gasteiger partial charge in [-0.05, 0) is 12.8 Å². The van der Waals surface area contributed by atoms with E-state index < -0.39 is 5.97 Å². The minimum Gasteiger partial charge on any atom is -0.550 e. The second kappa shape index (κ2) is 12.6. The number of aliphatic hydroxyl groups is 1. The van der Waals surface area contributed by atoms with Crippen LogP contribution in [-0.2, 0) is 4.79 Å². The number of quaternary nitrogens is 1. The fraction of sp³-hybridized carbons (Fsp3) is 0.786. The van der Waals surface area contributed by atoms with Crippen molar-refractivity contribution in [1.82, 2.24) is 0 Å². The SMILES string of the molecule is CCCCCC=CCC(=O)[O-].C[N+](C)(C)CCO. The van der Waals surface area contributed by atoms with Crippen molar-refractivity contribution >= 4 is 5.97 Å². The highest BCUT2D eigenvalue weighted by atomic mass is 16.4. The number of hydrogen-bond acceptors (Lipinski definition) is 3. The molecule has 0 unspecified atom stereocenters. The van der Waals surface area contributed by atoms with E-state index in [0.29, 0.717) is 0 Å². The molecule has 0 amide bonds. The third-order valence-electron chi connectivity index (χ3n) is 2.20. The van der Waals surface area contributed by atoms with Crippen molar-refractivity contribution in [3.05, 3.63) is 12.2 Å². The highest BCUT2D eigenvalue weighted by Crippen LogP contribution is 1.99. The van der Waals surface area contributed by atoms with Crippen LogP contribution in [0.5, 0.6) is 0 Å². The quantitative estimate of drug-likeness (QED) is 0.401. The maximum absolute atomic E-state index is 9.93. The van der Waals surface area contributed by atoms with E-state index in [1.807, 2.05) is 6.08 Å². The Morgan fingerprint density at radius 2 is 1.83 bits per heavy atom. The lowest BCUT2D eigenvalue weighted by Gasteiger charge is -2.21. The molecule has 0 atom stereocenters. The molecule has 0 saturated carbocycles. The molecule has 0 aromatic rings. The first-order valence-corrected chi connectivity index (χ1v) is 6.59. The van der Waals surface area contributed by atoms with Crippen LogP contribution in [0, 0.1) is 0 Å². The Kier molecular flexibility index (Phi) is 13.6. The number of carbonyl (C=O) groups excluding carboxylic acids is 1. The summed E-state index contributed by atoms with van der Waals surface area (Å²) in [5.74, 6) is -1.00. The van der Waals surface area contributed by atoms with Gasteiger partial charge in [0, 0.05) is 12.4 Å². The van der Waals surface area contributed by atoms with Gasteiger partial charge >= 0.3 is 0 Å². The van der Waals surface area contributed by atoms with Crippen molar-refractivity contribution in [2.24, 2.45) is 0 Å². The molecule has 0 aliphatic rings. The lowest BCUT2D eigenvalue weighted by molar-refractivity contribution is -0.870. The molecule has 1 N–H and O–H groups in total. The topological polar surface area (TPSA) is 60.4 Å². The Hall–Kier alpha value is -0.870. The molecule has 0 aliphatic heterocycles. The number of carboxylic acid groups (broad SMARTS) is 1. The van der Waals surface area contributed by atoms with Crippen LogP contribution in [0.4, 0.5) is 0 Å². The van der Waals surface area contributed by atoms with Crippen LogP contribution in [0.1, 0.15) is 39.0 Å². The van der Waals surface area contributed by atoms with Crippen molar-refractivity contribution in [2.75, 3.05) is 34.3 Å². The molecule has 18 heavy (non-hydrogen) atoms. The Morgan fingerprint density at radius 1 is 1.22 bits per heavy atom. The van der Waals surface area contributed by atoms with Crippen LogP contribution < -0.4 is 5.11 Å². The largest absolute Gasteiger partial charge is 0.550 e. The van der Waals surface area contributed by atoms with Crippen LogP contribution >= 0.6 is 0 Å². The molecule has 0 radical (unpaired) electrons. The fourth-order valence-corrected chi connectivity index (χ4v) is 1.11. The number of likely N-dealkylation sites (N-methyl/N-ethyl adjacent to an activating group) is 1. The summed E-state index contributed by atoms with van der Waals surface area (Å²) in [5.41, 5.74) is 0. The third-order valence-corrected chi connectivity index (χ3v) is 2.20. The van der Waals surface area contributed by atoms with E-state index in [0.717, 1.165) is 23.9 Å². The zero-order chi connectivity index (χ0) is 14.4. The van der Waals surface area contributed by atoms with E-state index in [1.165, 1.54) is 12.8 Å². The Bertz CT molecular complexity index is 220. The second-order valence-electron chi connectivity index (χ2n) is 5.28. The third kappa shape index (κ3) is 24.4. The first-order chi connectivity index (χ1) is 8.33. The zero-order valence-corrected chi connectivity index (χ0v) is 12.3. The van der Waals surface area contributed by atoms with Crippen molar-refractivity contribution in [2.45, 2.75) is 39.0 Å². The van der Waals surface area contributed by atoms with Gasteiger partial charge in [0.05, 0.1) is 27.7 Å². The van der Waals surface area contributed by atoms with Crippen LogP contribution in [0.25, 0.3) is 0 Å². The highest BCUT2D eigenvalue weighted by molar-refractivity contribution is 5.66. The van der Waals surface area contributed by atoms with Gasteiger partial charge in [-0.15, -0.1) is 0 Å². The lowest BCUT2D eigenvalue weighted by Crippen LogP contribution is -2.36. The van der Waals surface area contributed by atoms with Gasteiger partial charge in [0.15, 0.2) is 0 Å². The predicted molar refractivity (Wildman–Crippen MR) is 72.9 cm³/mol. The second-order valence-corrected chi connectivity index (χ2v) is 5.28. The van der Waals surface area contributed by atoms with Gasteiger partial charge in [-0.25, -0.2) is 0 Å². The summed E-state index contributed by atoms with van der Waals surface area (Å²) in [5, 5.41) is 18.3. The molecule has 0 aromatic carbocycles. The number of aliphatic hydroxyl groups excluding tert-OH is 1. The van der Waals surface area contributed by atoms with E-state index in [9.17, 15) is 9.90 Å². The summed E-state index contributed by atoms with van der Waals surface area (Å²) >= 11 is 0. The molecule has 0 aromatic heterocycles. The van der Waals surface area contributed by atoms with Gasteiger partial charge in [0.1, 0.15) is 6.54 Å². The summed E-state index contributed by atoms with van der Waals surface area (Å²) < 4.78 is 0.844. The van der Waals surface area contributed by atoms with E-state index in [1.54, 1.807) is 6.08 Å². The molecule has 0 heterocycles. The number of rotatable bonds is 8. The van der Waals surface area contributed by atoms with Gasteiger partial charge in [0.25, 0.3) is 0 Å². The smallest absolute Gasteiger partial charge is 0.101 e. The van der Waals surface area contributed by atoms with Crippen LogP contribution in [0.2, 0.25) is 0 Å². The van der Waals surface area contributed by atoms with Crippen molar-refractivity contribution in [3.63, 3.8) is 0 Å². The Balaban J connectivity index is 0. The van der Waals surface area contributed by atoms with Gasteiger partial charge in [-0.2, -0.15) is 0 Å². The number of hydrogen-bond donors (Lipinski definition) is 1. The van der Waals surface area contributed by atoms with Gasteiger partial charge < -0.3 is 19.5 Å². The summed E-state index contributed by atoms with van der Waals surface area (Å²) in [7, 11) is 6.16. The highest BCUT2D eigenvalue weighted by Gasteiger charge is 2.02. The standard InChI is InChI=1S/C9H16O2.C5H14NO/c1-2-3-4-5-6-7-8-9(10)11;1-6(2,3)4-5-7/h6-7H,2-5,8H2,1H3,(H,10,11);7H,4-5H2,1-3H3/q;+1/p-1. The molecule has 4 heteroatoms. The summed E-state index contributed by atoms with van der Waals surface area (Å²) in [4.78, 5) is 9.93. The maximum Gasteiger partial charge on any atom is 0.101 e. The predicted octanol–water partition coefficient (Wildman–Crippen LogP) is 0.948. The van der Waals surface area contributed by atoms with Crippen molar-refractivity contribution in [3.8, 4) is 0 Å². The first kappa shape index (κ1) is 19.5. The molecule has 0 spiro atoms. The van der Waals surface area contributed by atoms with Crippen molar-refractivity contribution < 1.29 is 19.5 Å². The number of aliphatic carboxylic acids is 1. The molecule has 0 aliphatic carbocycles. The molecular weight excluding hydrogens is 230 g/mol. The fourth-order valence-electron chi connectivity index (χ4n) is 1.11. The number of carboxylic acids is 1. The Labute approximate surface area is 112 Å². The average Bonchev–Trinajstić information content (AvgIpc) is 2.22. The minimum atomic E-state index is -1.00. The van der Waals surface area contributed by atoms with Gasteiger partial charge in [-0.3, -0.25) is 0 Å². The summed E-state index contributed by atoms with van der Waals surface area (Å²) in [6.07, 6.45) is 8.17. The Morgan fingerprint density at radius 3 is 2.17 bits per heavy atom. The average molecular weight is 259 g/mol. The van der Waals surface area contributed by atoms with E-state index >= 15 is 0 Å². The van der Waals surface area contributed by atoms with Crippen LogP contribution in [-0.4, -0.2) is 49.9 Å².